The molecule has 2 saturated heterocycles. The highest BCUT2D eigenvalue weighted by Gasteiger charge is 2.40. The molecule has 0 aliphatic carbocycles. The van der Waals surface area contributed by atoms with Crippen LogP contribution in [0.1, 0.15) is 102 Å². The maximum Gasteiger partial charge on any atom is 0.255 e. The molecular weight excluding hydrogens is 869 g/mol. The summed E-state index contributed by atoms with van der Waals surface area (Å²) in [4.78, 5) is 72.1. The second kappa shape index (κ2) is 22.6. The van der Waals surface area contributed by atoms with Gasteiger partial charge in [0, 0.05) is 78.8 Å². The monoisotopic (exact) mass is 926 g/mol. The lowest BCUT2D eigenvalue weighted by Gasteiger charge is -2.37. The lowest BCUT2D eigenvalue weighted by atomic mass is 9.87. The number of imide groups is 1. The summed E-state index contributed by atoms with van der Waals surface area (Å²) in [5, 5.41) is 24.4. The molecule has 18 nitrogen and oxygen atoms in total. The summed E-state index contributed by atoms with van der Waals surface area (Å²) in [5.74, 6) is 0.554. The van der Waals surface area contributed by atoms with Gasteiger partial charge >= 0.3 is 0 Å². The largest absolute Gasteiger partial charge is 0.494 e. The minimum atomic E-state index is -0.729. The van der Waals surface area contributed by atoms with E-state index in [2.05, 4.69) is 46.7 Å². The number of rotatable bonds is 22. The third-order valence-electron chi connectivity index (χ3n) is 12.5. The number of benzene rings is 3. The van der Waals surface area contributed by atoms with E-state index >= 15 is 0 Å². The lowest BCUT2D eigenvalue weighted by molar-refractivity contribution is -0.137. The van der Waals surface area contributed by atoms with Crippen LogP contribution in [0.5, 0.6) is 5.75 Å². The first-order valence-electron chi connectivity index (χ1n) is 23.3. The van der Waals surface area contributed by atoms with Crippen LogP contribution in [-0.2, 0) is 35.9 Å². The molecule has 2 fully saturated rings. The third kappa shape index (κ3) is 11.9. The number of hydrogen-bond donors (Lipinski definition) is 6. The molecule has 2 atom stereocenters. The van der Waals surface area contributed by atoms with Gasteiger partial charge in [0.15, 0.2) is 11.6 Å². The number of amides is 5. The van der Waals surface area contributed by atoms with Crippen molar-refractivity contribution in [1.29, 1.82) is 0 Å². The SMILES string of the molecule is C[C@@H](NC(=O)c1cccc(NC2(c3nnc(-c4ccncc4)[nH]3)CCNCC2)c1)c1ccc(OCCCCCOCCCOCC(=O)Nc2cccc3c2CN(C2CCC(=O)NC2=O)C3=O)cc1. The van der Waals surface area contributed by atoms with Crippen molar-refractivity contribution in [3.05, 3.63) is 119 Å². The van der Waals surface area contributed by atoms with Crippen LogP contribution in [0.15, 0.2) is 91.3 Å². The summed E-state index contributed by atoms with van der Waals surface area (Å²) in [6, 6.07) is 23.2. The number of carbonyl (C=O) groups excluding carboxylic acids is 5. The number of piperidine rings is 2. The predicted molar refractivity (Wildman–Crippen MR) is 253 cm³/mol. The minimum Gasteiger partial charge on any atom is -0.494 e. The van der Waals surface area contributed by atoms with E-state index in [1.54, 1.807) is 30.6 Å². The number of nitrogens with one attached hydrogen (secondary N) is 6. The van der Waals surface area contributed by atoms with E-state index in [4.69, 9.17) is 14.2 Å². The molecule has 0 spiro atoms. The Morgan fingerprint density at radius 3 is 2.44 bits per heavy atom. The number of nitrogens with zero attached hydrogens (tertiary/aromatic N) is 4. The lowest BCUT2D eigenvalue weighted by Crippen LogP contribution is -2.52. The molecule has 1 unspecified atom stereocenters. The maximum absolute atomic E-state index is 13.5. The van der Waals surface area contributed by atoms with Crippen LogP contribution in [0.25, 0.3) is 11.4 Å². The molecule has 2 aromatic heterocycles. The van der Waals surface area contributed by atoms with E-state index in [9.17, 15) is 24.0 Å². The number of anilines is 2. The maximum atomic E-state index is 13.5. The fourth-order valence-corrected chi connectivity index (χ4v) is 8.71. The van der Waals surface area contributed by atoms with Crippen molar-refractivity contribution in [2.75, 3.05) is 56.8 Å². The van der Waals surface area contributed by atoms with Crippen LogP contribution < -0.4 is 31.3 Å². The summed E-state index contributed by atoms with van der Waals surface area (Å²) in [6.45, 7) is 5.66. The van der Waals surface area contributed by atoms with Gasteiger partial charge < -0.3 is 45.4 Å². The van der Waals surface area contributed by atoms with Gasteiger partial charge in [-0.15, -0.1) is 10.2 Å². The van der Waals surface area contributed by atoms with Gasteiger partial charge in [0.25, 0.3) is 11.8 Å². The number of aromatic nitrogens is 4. The van der Waals surface area contributed by atoms with Gasteiger partial charge in [0.05, 0.1) is 18.2 Å². The van der Waals surface area contributed by atoms with Crippen LogP contribution in [0, 0.1) is 0 Å². The van der Waals surface area contributed by atoms with Crippen molar-refractivity contribution in [2.24, 2.45) is 0 Å². The molecule has 3 aromatic carbocycles. The van der Waals surface area contributed by atoms with E-state index in [-0.39, 0.29) is 55.7 Å². The summed E-state index contributed by atoms with van der Waals surface area (Å²) in [5.41, 5.74) is 4.32. The Kier molecular flexibility index (Phi) is 15.8. The Morgan fingerprint density at radius 1 is 0.868 bits per heavy atom. The van der Waals surface area contributed by atoms with Gasteiger partial charge in [-0.25, -0.2) is 0 Å². The van der Waals surface area contributed by atoms with E-state index in [1.807, 2.05) is 67.6 Å². The molecule has 356 valence electrons. The van der Waals surface area contributed by atoms with Gasteiger partial charge in [0.2, 0.25) is 17.7 Å². The molecule has 6 N–H and O–H groups in total. The van der Waals surface area contributed by atoms with Gasteiger partial charge in [0.1, 0.15) is 18.4 Å². The Bertz CT molecular complexity index is 2550. The Labute approximate surface area is 394 Å². The van der Waals surface area contributed by atoms with Crippen LogP contribution in [0.2, 0.25) is 0 Å². The smallest absolute Gasteiger partial charge is 0.255 e. The Hall–Kier alpha value is -7.02. The highest BCUT2D eigenvalue weighted by atomic mass is 16.5. The van der Waals surface area contributed by atoms with Crippen LogP contribution in [0.3, 0.4) is 0 Å². The van der Waals surface area contributed by atoms with Gasteiger partial charge in [-0.2, -0.15) is 0 Å². The zero-order valence-electron chi connectivity index (χ0n) is 38.2. The van der Waals surface area contributed by atoms with E-state index in [1.165, 1.54) is 4.90 Å². The van der Waals surface area contributed by atoms with Gasteiger partial charge in [-0.3, -0.25) is 34.3 Å². The van der Waals surface area contributed by atoms with E-state index < -0.39 is 17.5 Å². The van der Waals surface area contributed by atoms with Crippen molar-refractivity contribution in [2.45, 2.75) is 82.5 Å². The van der Waals surface area contributed by atoms with Crippen molar-refractivity contribution in [1.82, 2.24) is 41.0 Å². The average molecular weight is 927 g/mol. The topological polar surface area (TPSA) is 231 Å². The first-order valence-corrected chi connectivity index (χ1v) is 23.3. The molecule has 5 aromatic rings. The molecule has 3 aliphatic rings. The summed E-state index contributed by atoms with van der Waals surface area (Å²) >= 11 is 0. The van der Waals surface area contributed by atoms with E-state index in [0.29, 0.717) is 61.1 Å². The Morgan fingerprint density at radius 2 is 1.63 bits per heavy atom. The number of ether oxygens (including phenoxy) is 3. The number of hydrogen-bond acceptors (Lipinski definition) is 13. The van der Waals surface area contributed by atoms with Crippen molar-refractivity contribution in [3.8, 4) is 17.1 Å². The minimum absolute atomic E-state index is 0.150. The fraction of sp³-hybridized carbons (Fsp3) is 0.400. The Balaban J connectivity index is 0.681. The molecule has 18 heteroatoms. The number of pyridine rings is 1. The first kappa shape index (κ1) is 47.5. The molecule has 0 saturated carbocycles. The van der Waals surface area contributed by atoms with Gasteiger partial charge in [-0.05, 0) is 125 Å². The van der Waals surface area contributed by atoms with Crippen molar-refractivity contribution < 1.29 is 38.2 Å². The first-order chi connectivity index (χ1) is 33.2. The summed E-state index contributed by atoms with van der Waals surface area (Å²) in [6.07, 6.45) is 8.82. The molecule has 3 aliphatic heterocycles. The third-order valence-corrected chi connectivity index (χ3v) is 12.5. The summed E-state index contributed by atoms with van der Waals surface area (Å²) < 4.78 is 17.3. The van der Waals surface area contributed by atoms with Crippen LogP contribution in [-0.4, -0.2) is 107 Å². The number of carbonyl (C=O) groups is 5. The number of aromatic amines is 1. The standard InChI is InChI=1S/C50H58N10O8/c1-33(53-46(63)36-8-5-9-37(30-36)57-50(20-24-52-25-21-50)49-56-45(58-59-49)35-18-22-51-23-19-35)34-12-14-38(15-13-34)68-29-4-2-3-26-66-27-7-28-67-32-44(62)54-41-11-6-10-39-40(41)31-60(48(39)65)42-16-17-43(61)55-47(42)64/h5-6,8-15,18-19,22-23,30,33,42,52,57H,2-4,7,16-17,20-21,24-29,31-32H2,1H3,(H,53,63)(H,54,62)(H,55,61,64)(H,56,58,59)/t33-,42?/m1/s1. The zero-order chi connectivity index (χ0) is 47.3. The molecule has 0 bridgehead atoms. The van der Waals surface area contributed by atoms with Crippen LogP contribution in [0.4, 0.5) is 11.4 Å². The summed E-state index contributed by atoms with van der Waals surface area (Å²) in [7, 11) is 0. The average Bonchev–Trinajstić information content (AvgIpc) is 3.99. The van der Waals surface area contributed by atoms with Gasteiger partial charge in [-0.1, -0.05) is 24.3 Å². The normalized spacial score (nSPS) is 17.0. The number of H-pyrrole nitrogens is 1. The molecule has 5 heterocycles. The molecule has 0 radical (unpaired) electrons. The second-order valence-corrected chi connectivity index (χ2v) is 17.3. The van der Waals surface area contributed by atoms with Crippen LogP contribution >= 0.6 is 0 Å². The van der Waals surface area contributed by atoms with Crippen molar-refractivity contribution in [3.63, 3.8) is 0 Å². The molecule has 68 heavy (non-hydrogen) atoms. The second-order valence-electron chi connectivity index (χ2n) is 17.3. The van der Waals surface area contributed by atoms with E-state index in [0.717, 1.165) is 73.6 Å². The predicted octanol–water partition coefficient (Wildman–Crippen LogP) is 5.42. The zero-order valence-corrected chi connectivity index (χ0v) is 38.2. The molecular formula is C50H58N10O8. The molecule has 8 rings (SSSR count). The highest BCUT2D eigenvalue weighted by Crippen LogP contribution is 2.35. The highest BCUT2D eigenvalue weighted by molar-refractivity contribution is 6.07. The quantitative estimate of drug-likeness (QED) is 0.0377. The van der Waals surface area contributed by atoms with Crippen molar-refractivity contribution >= 4 is 40.9 Å². The number of unbranched alkanes of at least 4 members (excludes halogenated alkanes) is 2. The molecule has 5 amide bonds. The number of fused-ring (bicyclic) bond motifs is 1. The fourth-order valence-electron chi connectivity index (χ4n) is 8.71.